The van der Waals surface area contributed by atoms with E-state index in [0.29, 0.717) is 23.6 Å². The van der Waals surface area contributed by atoms with Crippen molar-refractivity contribution in [3.63, 3.8) is 0 Å². The van der Waals surface area contributed by atoms with Crippen molar-refractivity contribution in [2.45, 2.75) is 18.9 Å². The molecule has 0 heterocycles. The highest BCUT2D eigenvalue weighted by Crippen LogP contribution is 2.15. The molecule has 29 heavy (non-hydrogen) atoms. The largest absolute Gasteiger partial charge is 0.354 e. The molecule has 0 radical (unpaired) electrons. The van der Waals surface area contributed by atoms with Crippen LogP contribution in [0.1, 0.15) is 21.5 Å². The van der Waals surface area contributed by atoms with Crippen LogP contribution in [-0.2, 0) is 17.6 Å². The lowest BCUT2D eigenvalue weighted by atomic mass is 10.0. The van der Waals surface area contributed by atoms with Gasteiger partial charge in [0, 0.05) is 13.0 Å². The second-order valence-electron chi connectivity index (χ2n) is 6.72. The predicted molar refractivity (Wildman–Crippen MR) is 116 cm³/mol. The van der Waals surface area contributed by atoms with E-state index in [1.165, 1.54) is 0 Å². The summed E-state index contributed by atoms with van der Waals surface area (Å²) < 4.78 is 0. The second-order valence-corrected chi connectivity index (χ2v) is 7.13. The average molecular weight is 407 g/mol. The Balaban J connectivity index is 1.67. The molecular formula is C24H23ClN2O2. The van der Waals surface area contributed by atoms with Crippen molar-refractivity contribution in [2.75, 3.05) is 6.54 Å². The molecule has 0 saturated heterocycles. The zero-order valence-corrected chi connectivity index (χ0v) is 16.7. The van der Waals surface area contributed by atoms with Crippen molar-refractivity contribution < 1.29 is 9.59 Å². The lowest BCUT2D eigenvalue weighted by Crippen LogP contribution is -2.48. The van der Waals surface area contributed by atoms with E-state index in [9.17, 15) is 9.59 Å². The Labute approximate surface area is 175 Å². The van der Waals surface area contributed by atoms with Crippen molar-refractivity contribution in [1.82, 2.24) is 10.6 Å². The summed E-state index contributed by atoms with van der Waals surface area (Å²) in [6.45, 7) is 0.496. The highest BCUT2D eigenvalue weighted by molar-refractivity contribution is 6.33. The fourth-order valence-electron chi connectivity index (χ4n) is 3.04. The maximum atomic E-state index is 12.8. The van der Waals surface area contributed by atoms with Crippen LogP contribution >= 0.6 is 11.6 Å². The second kappa shape index (κ2) is 10.4. The van der Waals surface area contributed by atoms with Crippen molar-refractivity contribution in [1.29, 1.82) is 0 Å². The molecule has 0 spiro atoms. The van der Waals surface area contributed by atoms with Crippen LogP contribution in [0.5, 0.6) is 0 Å². The predicted octanol–water partition coefficient (Wildman–Crippen LogP) is 4.04. The van der Waals surface area contributed by atoms with E-state index in [4.69, 9.17) is 11.6 Å². The molecule has 0 aliphatic carbocycles. The number of carbonyl (C=O) groups is 2. The number of hydrogen-bond donors (Lipinski definition) is 2. The molecule has 2 amide bonds. The van der Waals surface area contributed by atoms with Crippen molar-refractivity contribution in [2.24, 2.45) is 0 Å². The average Bonchev–Trinajstić information content (AvgIpc) is 2.75. The van der Waals surface area contributed by atoms with Gasteiger partial charge in [0.25, 0.3) is 5.91 Å². The summed E-state index contributed by atoms with van der Waals surface area (Å²) in [5, 5.41) is 6.13. The van der Waals surface area contributed by atoms with E-state index in [0.717, 1.165) is 17.5 Å². The summed E-state index contributed by atoms with van der Waals surface area (Å²) in [4.78, 5) is 25.5. The number of nitrogens with one attached hydrogen (secondary N) is 2. The van der Waals surface area contributed by atoms with Crippen molar-refractivity contribution in [3.8, 4) is 0 Å². The van der Waals surface area contributed by atoms with Gasteiger partial charge in [0.05, 0.1) is 10.6 Å². The Hall–Kier alpha value is -3.11. The van der Waals surface area contributed by atoms with E-state index in [-0.39, 0.29) is 11.8 Å². The van der Waals surface area contributed by atoms with Gasteiger partial charge in [0.15, 0.2) is 0 Å². The SMILES string of the molecule is O=C(NC(Cc1ccccc1)C(=O)NCCc1ccccc1)c1ccccc1Cl. The third-order valence-electron chi connectivity index (χ3n) is 4.58. The molecule has 0 aliphatic heterocycles. The summed E-state index contributed by atoms with van der Waals surface area (Å²) in [6, 6.07) is 25.7. The van der Waals surface area contributed by atoms with Crippen LogP contribution in [0.4, 0.5) is 0 Å². The molecule has 3 rings (SSSR count). The molecule has 1 unspecified atom stereocenters. The molecule has 4 nitrogen and oxygen atoms in total. The van der Waals surface area contributed by atoms with E-state index in [2.05, 4.69) is 10.6 Å². The molecule has 5 heteroatoms. The number of halogens is 1. The van der Waals surface area contributed by atoms with E-state index in [1.807, 2.05) is 60.7 Å². The highest BCUT2D eigenvalue weighted by atomic mass is 35.5. The van der Waals surface area contributed by atoms with Gasteiger partial charge in [-0.3, -0.25) is 9.59 Å². The summed E-state index contributed by atoms with van der Waals surface area (Å²) in [5.41, 5.74) is 2.46. The fourth-order valence-corrected chi connectivity index (χ4v) is 3.26. The van der Waals surface area contributed by atoms with Crippen LogP contribution in [0, 0.1) is 0 Å². The van der Waals surface area contributed by atoms with Gasteiger partial charge in [0.1, 0.15) is 6.04 Å². The van der Waals surface area contributed by atoms with E-state index < -0.39 is 6.04 Å². The molecule has 0 aliphatic rings. The minimum absolute atomic E-state index is 0.217. The molecule has 3 aromatic rings. The summed E-state index contributed by atoms with van der Waals surface area (Å²) >= 11 is 6.13. The summed E-state index contributed by atoms with van der Waals surface area (Å²) in [7, 11) is 0. The molecule has 0 aromatic heterocycles. The molecule has 0 saturated carbocycles. The maximum absolute atomic E-state index is 12.8. The zero-order valence-electron chi connectivity index (χ0n) is 16.0. The minimum atomic E-state index is -0.697. The lowest BCUT2D eigenvalue weighted by molar-refractivity contribution is -0.122. The van der Waals surface area contributed by atoms with Crippen LogP contribution in [0.15, 0.2) is 84.9 Å². The van der Waals surface area contributed by atoms with Crippen LogP contribution < -0.4 is 10.6 Å². The quantitative estimate of drug-likeness (QED) is 0.593. The number of rotatable bonds is 8. The molecule has 148 valence electrons. The highest BCUT2D eigenvalue weighted by Gasteiger charge is 2.22. The Morgan fingerprint density at radius 1 is 0.793 bits per heavy atom. The van der Waals surface area contributed by atoms with E-state index in [1.54, 1.807) is 24.3 Å². The van der Waals surface area contributed by atoms with Crippen LogP contribution in [0.25, 0.3) is 0 Å². The third kappa shape index (κ3) is 6.19. The van der Waals surface area contributed by atoms with Crippen molar-refractivity contribution >= 4 is 23.4 Å². The third-order valence-corrected chi connectivity index (χ3v) is 4.91. The Morgan fingerprint density at radius 3 is 2.03 bits per heavy atom. The summed E-state index contributed by atoms with van der Waals surface area (Å²) in [6.07, 6.45) is 1.12. The van der Waals surface area contributed by atoms with Gasteiger partial charge in [-0.05, 0) is 29.7 Å². The van der Waals surface area contributed by atoms with Crippen LogP contribution in [0.3, 0.4) is 0 Å². The number of amides is 2. The van der Waals surface area contributed by atoms with Gasteiger partial charge in [-0.25, -0.2) is 0 Å². The number of benzene rings is 3. The monoisotopic (exact) mass is 406 g/mol. The van der Waals surface area contributed by atoms with Gasteiger partial charge in [-0.15, -0.1) is 0 Å². The normalized spacial score (nSPS) is 11.5. The van der Waals surface area contributed by atoms with Gasteiger partial charge < -0.3 is 10.6 Å². The standard InChI is InChI=1S/C24H23ClN2O2/c25-21-14-8-7-13-20(21)23(28)27-22(17-19-11-5-2-6-12-19)24(29)26-16-15-18-9-3-1-4-10-18/h1-14,22H,15-17H2,(H,26,29)(H,27,28). The Bertz CT molecular complexity index is 945. The smallest absolute Gasteiger partial charge is 0.253 e. The Kier molecular flexibility index (Phi) is 7.42. The first-order valence-corrected chi connectivity index (χ1v) is 9.92. The van der Waals surface area contributed by atoms with Crippen LogP contribution in [0.2, 0.25) is 5.02 Å². The molecule has 0 bridgehead atoms. The van der Waals surface area contributed by atoms with Gasteiger partial charge >= 0.3 is 0 Å². The molecule has 0 fully saturated rings. The van der Waals surface area contributed by atoms with Crippen molar-refractivity contribution in [3.05, 3.63) is 107 Å². The molecule has 1 atom stereocenters. The Morgan fingerprint density at radius 2 is 1.38 bits per heavy atom. The fraction of sp³-hybridized carbons (Fsp3) is 0.167. The van der Waals surface area contributed by atoms with E-state index >= 15 is 0 Å². The number of carbonyl (C=O) groups excluding carboxylic acids is 2. The summed E-state index contributed by atoms with van der Waals surface area (Å²) in [5.74, 6) is -0.583. The minimum Gasteiger partial charge on any atom is -0.354 e. The van der Waals surface area contributed by atoms with Gasteiger partial charge in [-0.1, -0.05) is 84.4 Å². The first-order chi connectivity index (χ1) is 14.1. The first-order valence-electron chi connectivity index (χ1n) is 9.54. The maximum Gasteiger partial charge on any atom is 0.253 e. The lowest BCUT2D eigenvalue weighted by Gasteiger charge is -2.19. The molecule has 3 aromatic carbocycles. The molecule has 2 N–H and O–H groups in total. The topological polar surface area (TPSA) is 58.2 Å². The van der Waals surface area contributed by atoms with Crippen LogP contribution in [-0.4, -0.2) is 24.4 Å². The van der Waals surface area contributed by atoms with Gasteiger partial charge in [0.2, 0.25) is 5.91 Å². The first kappa shape index (κ1) is 20.6. The molecular weight excluding hydrogens is 384 g/mol. The number of hydrogen-bond acceptors (Lipinski definition) is 2. The van der Waals surface area contributed by atoms with Gasteiger partial charge in [-0.2, -0.15) is 0 Å². The zero-order chi connectivity index (χ0) is 20.5.